The van der Waals surface area contributed by atoms with E-state index in [1.165, 1.54) is 4.70 Å². The maximum Gasteiger partial charge on any atom is 0.107 e. The van der Waals surface area contributed by atoms with Crippen molar-refractivity contribution in [2.75, 3.05) is 0 Å². The molecule has 0 unspecified atom stereocenters. The molecular formula is C8H5ClS2. The molecule has 0 amide bonds. The second-order valence-electron chi connectivity index (χ2n) is 2.22. The summed E-state index contributed by atoms with van der Waals surface area (Å²) in [6.45, 7) is 0. The highest BCUT2D eigenvalue weighted by Crippen LogP contribution is 2.36. The highest BCUT2D eigenvalue weighted by molar-refractivity contribution is 7.81. The molecule has 0 aliphatic heterocycles. The molecular weight excluding hydrogens is 196 g/mol. The summed E-state index contributed by atoms with van der Waals surface area (Å²) in [6, 6.07) is 8.07. The molecule has 0 aliphatic rings. The summed E-state index contributed by atoms with van der Waals surface area (Å²) < 4.78 is 1.97. The van der Waals surface area contributed by atoms with Crippen molar-refractivity contribution in [1.29, 1.82) is 0 Å². The van der Waals surface area contributed by atoms with Gasteiger partial charge in [-0.25, -0.2) is 0 Å². The SMILES string of the molecule is Sc1c(Cl)sc2ccccc12. The van der Waals surface area contributed by atoms with Gasteiger partial charge in [0.15, 0.2) is 0 Å². The van der Waals surface area contributed by atoms with E-state index >= 15 is 0 Å². The smallest absolute Gasteiger partial charge is 0.107 e. The molecule has 0 radical (unpaired) electrons. The van der Waals surface area contributed by atoms with Crippen LogP contribution >= 0.6 is 35.6 Å². The third-order valence-electron chi connectivity index (χ3n) is 1.53. The molecule has 1 aromatic carbocycles. The van der Waals surface area contributed by atoms with Crippen molar-refractivity contribution >= 4 is 45.7 Å². The summed E-state index contributed by atoms with van der Waals surface area (Å²) in [6.07, 6.45) is 0. The molecule has 1 heterocycles. The number of hydrogen-bond donors (Lipinski definition) is 1. The number of fused-ring (bicyclic) bond motifs is 1. The zero-order valence-electron chi connectivity index (χ0n) is 5.54. The van der Waals surface area contributed by atoms with E-state index in [9.17, 15) is 0 Å². The van der Waals surface area contributed by atoms with Crippen LogP contribution in [0.3, 0.4) is 0 Å². The third-order valence-corrected chi connectivity index (χ3v) is 3.66. The van der Waals surface area contributed by atoms with Gasteiger partial charge in [0.2, 0.25) is 0 Å². The van der Waals surface area contributed by atoms with Gasteiger partial charge in [-0.2, -0.15) is 0 Å². The number of benzene rings is 1. The van der Waals surface area contributed by atoms with Gasteiger partial charge in [-0.3, -0.25) is 0 Å². The lowest BCUT2D eigenvalue weighted by molar-refractivity contribution is 1.68. The van der Waals surface area contributed by atoms with Gasteiger partial charge in [-0.1, -0.05) is 29.8 Å². The monoisotopic (exact) mass is 200 g/mol. The number of rotatable bonds is 0. The van der Waals surface area contributed by atoms with Gasteiger partial charge in [0.05, 0.1) is 0 Å². The quantitative estimate of drug-likeness (QED) is 0.614. The second-order valence-corrected chi connectivity index (χ2v) is 4.32. The van der Waals surface area contributed by atoms with E-state index < -0.39 is 0 Å². The van der Waals surface area contributed by atoms with Crippen LogP contribution in [0.4, 0.5) is 0 Å². The van der Waals surface area contributed by atoms with Gasteiger partial charge in [-0.15, -0.1) is 24.0 Å². The normalized spacial score (nSPS) is 10.7. The van der Waals surface area contributed by atoms with Gasteiger partial charge in [0.25, 0.3) is 0 Å². The van der Waals surface area contributed by atoms with Gasteiger partial charge in [0, 0.05) is 15.0 Å². The Hall–Kier alpha value is -0.180. The maximum atomic E-state index is 5.89. The average molecular weight is 201 g/mol. The first-order valence-corrected chi connectivity index (χ1v) is 4.79. The fourth-order valence-electron chi connectivity index (χ4n) is 1.00. The molecule has 0 aliphatic carbocycles. The fraction of sp³-hybridized carbons (Fsp3) is 0. The summed E-state index contributed by atoms with van der Waals surface area (Å²) in [5.74, 6) is 0. The minimum atomic E-state index is 0.773. The van der Waals surface area contributed by atoms with E-state index in [0.717, 1.165) is 14.6 Å². The molecule has 0 fully saturated rings. The molecule has 56 valence electrons. The number of thiol groups is 1. The average Bonchev–Trinajstić information content (AvgIpc) is 2.30. The predicted octanol–water partition coefficient (Wildman–Crippen LogP) is 3.84. The van der Waals surface area contributed by atoms with Crippen molar-refractivity contribution in [1.82, 2.24) is 0 Å². The van der Waals surface area contributed by atoms with Gasteiger partial charge in [-0.05, 0) is 6.07 Å². The molecule has 2 aromatic rings. The van der Waals surface area contributed by atoms with Crippen LogP contribution in [-0.2, 0) is 0 Å². The first kappa shape index (κ1) is 7.47. The molecule has 0 bridgehead atoms. The minimum Gasteiger partial charge on any atom is -0.140 e. The van der Waals surface area contributed by atoms with Gasteiger partial charge < -0.3 is 0 Å². The second kappa shape index (κ2) is 2.70. The molecule has 3 heteroatoms. The van der Waals surface area contributed by atoms with E-state index in [2.05, 4.69) is 12.6 Å². The van der Waals surface area contributed by atoms with Crippen LogP contribution in [0.1, 0.15) is 0 Å². The molecule has 0 atom stereocenters. The molecule has 0 nitrogen and oxygen atoms in total. The van der Waals surface area contributed by atoms with E-state index in [1.54, 1.807) is 11.3 Å². The summed E-state index contributed by atoms with van der Waals surface area (Å²) >= 11 is 11.8. The molecule has 11 heavy (non-hydrogen) atoms. The molecule has 2 rings (SSSR count). The van der Waals surface area contributed by atoms with E-state index in [1.807, 2.05) is 24.3 Å². The molecule has 0 N–H and O–H groups in total. The topological polar surface area (TPSA) is 0 Å². The Bertz CT molecular complexity index is 392. The van der Waals surface area contributed by atoms with Crippen LogP contribution in [0.5, 0.6) is 0 Å². The number of thiophene rings is 1. The Balaban J connectivity index is 2.92. The standard InChI is InChI=1S/C8H5ClS2/c9-8-7(10)5-3-1-2-4-6(5)11-8/h1-4,10H. The molecule has 1 aromatic heterocycles. The highest BCUT2D eigenvalue weighted by Gasteiger charge is 2.04. The Kier molecular flexibility index (Phi) is 1.83. The van der Waals surface area contributed by atoms with Crippen LogP contribution < -0.4 is 0 Å². The Labute approximate surface area is 79.2 Å². The lowest BCUT2D eigenvalue weighted by Gasteiger charge is -1.86. The first-order valence-electron chi connectivity index (χ1n) is 3.15. The first-order chi connectivity index (χ1) is 5.29. The fourth-order valence-corrected chi connectivity index (χ4v) is 2.59. The van der Waals surface area contributed by atoms with Crippen molar-refractivity contribution in [2.45, 2.75) is 4.90 Å². The van der Waals surface area contributed by atoms with Crippen LogP contribution in [0.25, 0.3) is 10.1 Å². The zero-order valence-corrected chi connectivity index (χ0v) is 8.01. The molecule has 0 spiro atoms. The number of hydrogen-bond acceptors (Lipinski definition) is 2. The number of halogens is 1. The summed E-state index contributed by atoms with van der Waals surface area (Å²) in [7, 11) is 0. The maximum absolute atomic E-state index is 5.89. The van der Waals surface area contributed by atoms with Crippen LogP contribution in [0.15, 0.2) is 29.2 Å². The highest BCUT2D eigenvalue weighted by atomic mass is 35.5. The Morgan fingerprint density at radius 1 is 1.27 bits per heavy atom. The largest absolute Gasteiger partial charge is 0.140 e. The van der Waals surface area contributed by atoms with Crippen molar-refractivity contribution in [2.24, 2.45) is 0 Å². The lowest BCUT2D eigenvalue weighted by Crippen LogP contribution is -1.61. The zero-order chi connectivity index (χ0) is 7.84. The van der Waals surface area contributed by atoms with Crippen molar-refractivity contribution in [3.63, 3.8) is 0 Å². The van der Waals surface area contributed by atoms with E-state index in [-0.39, 0.29) is 0 Å². The molecule has 0 saturated heterocycles. The van der Waals surface area contributed by atoms with E-state index in [0.29, 0.717) is 0 Å². The van der Waals surface area contributed by atoms with Crippen LogP contribution in [-0.4, -0.2) is 0 Å². The Morgan fingerprint density at radius 2 is 2.00 bits per heavy atom. The van der Waals surface area contributed by atoms with Crippen molar-refractivity contribution in [3.8, 4) is 0 Å². The minimum absolute atomic E-state index is 0.773. The summed E-state index contributed by atoms with van der Waals surface area (Å²) in [5.41, 5.74) is 0. The molecule has 0 saturated carbocycles. The Morgan fingerprint density at radius 3 is 2.73 bits per heavy atom. The lowest BCUT2D eigenvalue weighted by atomic mass is 10.3. The predicted molar refractivity (Wildman–Crippen MR) is 54.1 cm³/mol. The third kappa shape index (κ3) is 1.15. The van der Waals surface area contributed by atoms with Crippen molar-refractivity contribution < 1.29 is 0 Å². The van der Waals surface area contributed by atoms with Gasteiger partial charge in [0.1, 0.15) is 4.34 Å². The summed E-state index contributed by atoms with van der Waals surface area (Å²) in [5, 5.41) is 1.14. The van der Waals surface area contributed by atoms with Crippen LogP contribution in [0, 0.1) is 0 Å². The van der Waals surface area contributed by atoms with Crippen LogP contribution in [0.2, 0.25) is 4.34 Å². The van der Waals surface area contributed by atoms with Gasteiger partial charge >= 0.3 is 0 Å². The van der Waals surface area contributed by atoms with Crippen molar-refractivity contribution in [3.05, 3.63) is 28.6 Å². The van der Waals surface area contributed by atoms with E-state index in [4.69, 9.17) is 11.6 Å². The summed E-state index contributed by atoms with van der Waals surface area (Å²) in [4.78, 5) is 0.896.